The van der Waals surface area contributed by atoms with E-state index in [2.05, 4.69) is 10.3 Å². The van der Waals surface area contributed by atoms with Crippen molar-refractivity contribution >= 4 is 11.8 Å². The second-order valence-corrected chi connectivity index (χ2v) is 8.27. The average molecular weight is 391 g/mol. The first-order valence-electron chi connectivity index (χ1n) is 10.2. The molecule has 2 saturated heterocycles. The number of rotatable bonds is 7. The number of hydrogen-bond donors (Lipinski definition) is 1. The Labute approximate surface area is 164 Å². The summed E-state index contributed by atoms with van der Waals surface area (Å²) in [5.41, 5.74) is 0.299. The molecule has 3 heterocycles. The van der Waals surface area contributed by atoms with Gasteiger partial charge in [-0.15, -0.1) is 0 Å². The average Bonchev–Trinajstić information content (AvgIpc) is 3.08. The van der Waals surface area contributed by atoms with Crippen molar-refractivity contribution in [3.8, 4) is 0 Å². The van der Waals surface area contributed by atoms with Gasteiger partial charge in [-0.1, -0.05) is 0 Å². The van der Waals surface area contributed by atoms with Crippen LogP contribution in [-0.2, 0) is 14.3 Å². The number of oxazole rings is 1. The van der Waals surface area contributed by atoms with Crippen molar-refractivity contribution in [1.29, 1.82) is 0 Å². The molecule has 1 aromatic rings. The van der Waals surface area contributed by atoms with Gasteiger partial charge in [0.1, 0.15) is 12.4 Å². The predicted octanol–water partition coefficient (Wildman–Crippen LogP) is 1.54. The first-order valence-corrected chi connectivity index (χ1v) is 10.2. The van der Waals surface area contributed by atoms with E-state index >= 15 is 0 Å². The molecule has 0 bridgehead atoms. The third-order valence-electron chi connectivity index (χ3n) is 6.30. The summed E-state index contributed by atoms with van der Waals surface area (Å²) in [6.45, 7) is 5.35. The quantitative estimate of drug-likeness (QED) is 0.758. The first kappa shape index (κ1) is 19.4. The summed E-state index contributed by atoms with van der Waals surface area (Å²) in [7, 11) is 0. The Morgan fingerprint density at radius 1 is 1.32 bits per heavy atom. The van der Waals surface area contributed by atoms with Gasteiger partial charge in [0.15, 0.2) is 12.1 Å². The Morgan fingerprint density at radius 2 is 2.11 bits per heavy atom. The van der Waals surface area contributed by atoms with Gasteiger partial charge in [-0.2, -0.15) is 0 Å². The van der Waals surface area contributed by atoms with Crippen molar-refractivity contribution < 1.29 is 23.5 Å². The highest BCUT2D eigenvalue weighted by Crippen LogP contribution is 2.46. The molecule has 4 rings (SSSR count). The lowest BCUT2D eigenvalue weighted by Gasteiger charge is -2.36. The number of hydrogen-bond acceptors (Lipinski definition) is 6. The number of ether oxygens (including phenoxy) is 2. The predicted molar refractivity (Wildman–Crippen MR) is 99.7 cm³/mol. The van der Waals surface area contributed by atoms with Crippen molar-refractivity contribution in [3.05, 3.63) is 17.8 Å². The monoisotopic (exact) mass is 391 g/mol. The number of amides is 2. The fourth-order valence-corrected chi connectivity index (χ4v) is 4.41. The molecule has 3 aliphatic rings. The highest BCUT2D eigenvalue weighted by atomic mass is 16.5. The second-order valence-electron chi connectivity index (χ2n) is 8.27. The number of nitrogens with one attached hydrogen (secondary N) is 1. The molecule has 1 N–H and O–H groups in total. The minimum atomic E-state index is -0.101. The normalized spacial score (nSPS) is 24.3. The Balaban J connectivity index is 1.22. The van der Waals surface area contributed by atoms with E-state index in [0.29, 0.717) is 43.0 Å². The van der Waals surface area contributed by atoms with E-state index in [1.54, 1.807) is 6.92 Å². The highest BCUT2D eigenvalue weighted by molar-refractivity contribution is 5.93. The fraction of sp³-hybridized carbons (Fsp3) is 0.750. The van der Waals surface area contributed by atoms with Gasteiger partial charge in [0.05, 0.1) is 13.2 Å². The van der Waals surface area contributed by atoms with Gasteiger partial charge < -0.3 is 24.1 Å². The molecule has 28 heavy (non-hydrogen) atoms. The largest absolute Gasteiger partial charge is 0.448 e. The number of likely N-dealkylation sites (tertiary alicyclic amines) is 1. The maximum atomic E-state index is 12.6. The molecule has 2 amide bonds. The summed E-state index contributed by atoms with van der Waals surface area (Å²) in [5, 5.41) is 3.22. The molecule has 0 radical (unpaired) electrons. The summed E-state index contributed by atoms with van der Waals surface area (Å²) in [5.74, 6) is 1.28. The van der Waals surface area contributed by atoms with Crippen LogP contribution in [-0.4, -0.2) is 66.8 Å². The standard InChI is InChI=1S/C20H29N3O5/c1-14-18(21-13-28-14)19(25)23-7-2-16(3-8-23)20(5-6-20)22-17(24)12-27-11-15-4-9-26-10-15/h13,15-16H,2-12H2,1H3,(H,22,24). The van der Waals surface area contributed by atoms with Crippen LogP contribution in [0.3, 0.4) is 0 Å². The third-order valence-corrected chi connectivity index (χ3v) is 6.30. The zero-order valence-corrected chi connectivity index (χ0v) is 16.4. The summed E-state index contributed by atoms with van der Waals surface area (Å²) in [6.07, 6.45) is 6.13. The first-order chi connectivity index (χ1) is 13.6. The lowest BCUT2D eigenvalue weighted by molar-refractivity contribution is -0.127. The van der Waals surface area contributed by atoms with Crippen LogP contribution in [0.2, 0.25) is 0 Å². The molecule has 154 valence electrons. The van der Waals surface area contributed by atoms with E-state index in [9.17, 15) is 9.59 Å². The fourth-order valence-electron chi connectivity index (χ4n) is 4.41. The Kier molecular flexibility index (Phi) is 5.68. The number of carbonyl (C=O) groups is 2. The van der Waals surface area contributed by atoms with Crippen LogP contribution in [0, 0.1) is 18.8 Å². The molecule has 8 heteroatoms. The van der Waals surface area contributed by atoms with Gasteiger partial charge >= 0.3 is 0 Å². The number of carbonyl (C=O) groups excluding carboxylic acids is 2. The molecule has 0 spiro atoms. The van der Waals surface area contributed by atoms with Gasteiger partial charge in [0.25, 0.3) is 5.91 Å². The van der Waals surface area contributed by atoms with E-state index in [-0.39, 0.29) is 24.0 Å². The van der Waals surface area contributed by atoms with Crippen molar-refractivity contribution in [2.45, 2.75) is 44.6 Å². The summed E-state index contributed by atoms with van der Waals surface area (Å²) < 4.78 is 16.0. The van der Waals surface area contributed by atoms with Crippen LogP contribution >= 0.6 is 0 Å². The van der Waals surface area contributed by atoms with Crippen LogP contribution < -0.4 is 5.32 Å². The van der Waals surface area contributed by atoms with E-state index < -0.39 is 0 Å². The SMILES string of the molecule is Cc1ocnc1C(=O)N1CCC(C2(NC(=O)COCC3CCOC3)CC2)CC1. The molecule has 1 aliphatic carbocycles. The minimum Gasteiger partial charge on any atom is -0.448 e. The van der Waals surface area contributed by atoms with E-state index in [0.717, 1.165) is 45.3 Å². The minimum absolute atomic E-state index is 0.0341. The smallest absolute Gasteiger partial charge is 0.276 e. The Hall–Kier alpha value is -1.93. The van der Waals surface area contributed by atoms with Crippen LogP contribution in [0.5, 0.6) is 0 Å². The molecule has 3 fully saturated rings. The molecule has 2 aliphatic heterocycles. The van der Waals surface area contributed by atoms with Crippen LogP contribution in [0.25, 0.3) is 0 Å². The summed E-state index contributed by atoms with van der Waals surface area (Å²) in [6, 6.07) is 0. The van der Waals surface area contributed by atoms with Gasteiger partial charge in [-0.05, 0) is 44.9 Å². The zero-order valence-electron chi connectivity index (χ0n) is 16.4. The van der Waals surface area contributed by atoms with Gasteiger partial charge in [0, 0.05) is 31.2 Å². The lowest BCUT2D eigenvalue weighted by Crippen LogP contribution is -2.49. The van der Waals surface area contributed by atoms with Crippen molar-refractivity contribution in [3.63, 3.8) is 0 Å². The van der Waals surface area contributed by atoms with Crippen molar-refractivity contribution in [2.75, 3.05) is 39.5 Å². The summed E-state index contributed by atoms with van der Waals surface area (Å²) >= 11 is 0. The molecule has 0 aromatic carbocycles. The Bertz CT molecular complexity index is 700. The van der Waals surface area contributed by atoms with Crippen LogP contribution in [0.4, 0.5) is 0 Å². The Morgan fingerprint density at radius 3 is 2.71 bits per heavy atom. The molecule has 1 aromatic heterocycles. The number of piperidine rings is 1. The van der Waals surface area contributed by atoms with Crippen molar-refractivity contribution in [1.82, 2.24) is 15.2 Å². The van der Waals surface area contributed by atoms with Gasteiger partial charge in [0.2, 0.25) is 5.91 Å². The van der Waals surface area contributed by atoms with Crippen molar-refractivity contribution in [2.24, 2.45) is 11.8 Å². The van der Waals surface area contributed by atoms with Gasteiger partial charge in [-0.3, -0.25) is 9.59 Å². The lowest BCUT2D eigenvalue weighted by atomic mass is 9.87. The van der Waals surface area contributed by atoms with E-state index in [4.69, 9.17) is 13.9 Å². The highest BCUT2D eigenvalue weighted by Gasteiger charge is 2.51. The van der Waals surface area contributed by atoms with Crippen LogP contribution in [0.15, 0.2) is 10.8 Å². The van der Waals surface area contributed by atoms with E-state index in [1.165, 1.54) is 6.39 Å². The number of nitrogens with zero attached hydrogens (tertiary/aromatic N) is 2. The third kappa shape index (κ3) is 4.22. The van der Waals surface area contributed by atoms with Crippen LogP contribution in [0.1, 0.15) is 48.4 Å². The topological polar surface area (TPSA) is 93.9 Å². The summed E-state index contributed by atoms with van der Waals surface area (Å²) in [4.78, 5) is 30.8. The second kappa shape index (κ2) is 8.21. The molecule has 1 saturated carbocycles. The molecule has 1 atom stereocenters. The zero-order chi connectivity index (χ0) is 19.6. The van der Waals surface area contributed by atoms with E-state index in [1.807, 2.05) is 4.90 Å². The maximum absolute atomic E-state index is 12.6. The number of aromatic nitrogens is 1. The molecular formula is C20H29N3O5. The number of aryl methyl sites for hydroxylation is 1. The van der Waals surface area contributed by atoms with Gasteiger partial charge in [-0.25, -0.2) is 4.98 Å². The molecular weight excluding hydrogens is 362 g/mol. The maximum Gasteiger partial charge on any atom is 0.276 e. The molecule has 1 unspecified atom stereocenters. The molecule has 8 nitrogen and oxygen atoms in total.